The van der Waals surface area contributed by atoms with Gasteiger partial charge in [-0.1, -0.05) is 26.7 Å². The zero-order valence-electron chi connectivity index (χ0n) is 11.9. The molecule has 1 heterocycles. The minimum absolute atomic E-state index is 0.135. The fourth-order valence-corrected chi connectivity index (χ4v) is 2.07. The Balaban J connectivity index is 2.32. The molecule has 4 heteroatoms. The molecule has 0 spiro atoms. The Labute approximate surface area is 111 Å². The van der Waals surface area contributed by atoms with Crippen LogP contribution in [0.25, 0.3) is 0 Å². The van der Waals surface area contributed by atoms with Crippen LogP contribution in [0.2, 0.25) is 0 Å². The molecule has 1 aliphatic rings. The lowest BCUT2D eigenvalue weighted by atomic mass is 10.1. The van der Waals surface area contributed by atoms with Crippen molar-refractivity contribution in [3.05, 3.63) is 0 Å². The molecule has 0 aromatic heterocycles. The second-order valence-electron chi connectivity index (χ2n) is 4.99. The summed E-state index contributed by atoms with van der Waals surface area (Å²) in [5.74, 6) is 0. The summed E-state index contributed by atoms with van der Waals surface area (Å²) in [5.41, 5.74) is 0. The molecule has 1 N–H and O–H groups in total. The quantitative estimate of drug-likeness (QED) is 0.645. The van der Waals surface area contributed by atoms with Crippen LogP contribution in [-0.4, -0.2) is 49.3 Å². The zero-order chi connectivity index (χ0) is 13.4. The van der Waals surface area contributed by atoms with Crippen LogP contribution in [0.3, 0.4) is 0 Å². The Morgan fingerprint density at radius 2 is 1.78 bits per heavy atom. The van der Waals surface area contributed by atoms with E-state index in [1.807, 2.05) is 6.92 Å². The lowest BCUT2D eigenvalue weighted by Crippen LogP contribution is -2.37. The van der Waals surface area contributed by atoms with Crippen molar-refractivity contribution in [2.75, 3.05) is 19.8 Å². The van der Waals surface area contributed by atoms with Gasteiger partial charge in [0.2, 0.25) is 0 Å². The van der Waals surface area contributed by atoms with E-state index in [1.165, 1.54) is 0 Å². The highest BCUT2D eigenvalue weighted by molar-refractivity contribution is 4.89. The first-order valence-corrected chi connectivity index (χ1v) is 7.23. The molecule has 4 nitrogen and oxygen atoms in total. The summed E-state index contributed by atoms with van der Waals surface area (Å²) in [6.45, 7) is 8.09. The number of aliphatic hydroxyl groups excluding tert-OH is 1. The minimum Gasteiger partial charge on any atom is -0.388 e. The van der Waals surface area contributed by atoms with Gasteiger partial charge in [0.05, 0.1) is 12.7 Å². The van der Waals surface area contributed by atoms with Crippen LogP contribution in [0, 0.1) is 0 Å². The van der Waals surface area contributed by atoms with E-state index in [2.05, 4.69) is 13.8 Å². The van der Waals surface area contributed by atoms with Crippen LogP contribution < -0.4 is 0 Å². The first kappa shape index (κ1) is 15.9. The molecular weight excluding hydrogens is 232 g/mol. The van der Waals surface area contributed by atoms with Crippen molar-refractivity contribution < 1.29 is 19.3 Å². The number of hydrogen-bond acceptors (Lipinski definition) is 4. The van der Waals surface area contributed by atoms with E-state index in [9.17, 15) is 5.11 Å². The number of rotatable bonds is 9. The molecule has 1 fully saturated rings. The van der Waals surface area contributed by atoms with Gasteiger partial charge in [0.15, 0.2) is 0 Å². The van der Waals surface area contributed by atoms with Crippen molar-refractivity contribution in [1.29, 1.82) is 0 Å². The van der Waals surface area contributed by atoms with Gasteiger partial charge in [-0.2, -0.15) is 0 Å². The fraction of sp³-hybridized carbons (Fsp3) is 1.00. The predicted octanol–water partition coefficient (Wildman–Crippen LogP) is 2.14. The highest BCUT2D eigenvalue weighted by Crippen LogP contribution is 2.24. The standard InChI is InChI=1S/C14H28O4/c1-4-6-8-16-10-12-14(17-9-7-5-2)13(15)11(3)18-12/h11-15H,4-10H2,1-3H3/t11-,12-,13+,14-/m1/s1. The molecule has 0 unspecified atom stereocenters. The van der Waals surface area contributed by atoms with Crippen molar-refractivity contribution >= 4 is 0 Å². The van der Waals surface area contributed by atoms with Gasteiger partial charge >= 0.3 is 0 Å². The molecule has 1 aliphatic heterocycles. The Bertz CT molecular complexity index is 210. The lowest BCUT2D eigenvalue weighted by molar-refractivity contribution is -0.0685. The summed E-state index contributed by atoms with van der Waals surface area (Å²) >= 11 is 0. The van der Waals surface area contributed by atoms with Gasteiger partial charge in [-0.3, -0.25) is 0 Å². The van der Waals surface area contributed by atoms with Gasteiger partial charge in [-0.25, -0.2) is 0 Å². The van der Waals surface area contributed by atoms with Crippen LogP contribution in [0.1, 0.15) is 46.5 Å². The van der Waals surface area contributed by atoms with Crippen LogP contribution in [-0.2, 0) is 14.2 Å². The molecule has 0 saturated carbocycles. The average molecular weight is 260 g/mol. The molecular formula is C14H28O4. The maximum Gasteiger partial charge on any atom is 0.114 e. The van der Waals surface area contributed by atoms with Gasteiger partial charge in [0, 0.05) is 13.2 Å². The van der Waals surface area contributed by atoms with Crippen molar-refractivity contribution in [3.63, 3.8) is 0 Å². The molecule has 4 atom stereocenters. The molecule has 0 bridgehead atoms. The Hall–Kier alpha value is -0.160. The molecule has 18 heavy (non-hydrogen) atoms. The predicted molar refractivity (Wildman–Crippen MR) is 70.7 cm³/mol. The average Bonchev–Trinajstić information content (AvgIpc) is 2.63. The number of unbranched alkanes of at least 4 members (excludes halogenated alkanes) is 2. The normalized spacial score (nSPS) is 32.0. The third kappa shape index (κ3) is 4.84. The molecule has 1 saturated heterocycles. The smallest absolute Gasteiger partial charge is 0.114 e. The maximum atomic E-state index is 10.0. The first-order valence-electron chi connectivity index (χ1n) is 7.23. The lowest BCUT2D eigenvalue weighted by Gasteiger charge is -2.20. The number of ether oxygens (including phenoxy) is 3. The van der Waals surface area contributed by atoms with E-state index in [0.717, 1.165) is 32.3 Å². The number of aliphatic hydroxyl groups is 1. The molecule has 0 radical (unpaired) electrons. The summed E-state index contributed by atoms with van der Waals surface area (Å²) in [7, 11) is 0. The van der Waals surface area contributed by atoms with E-state index >= 15 is 0 Å². The molecule has 0 aromatic rings. The summed E-state index contributed by atoms with van der Waals surface area (Å²) < 4.78 is 17.0. The van der Waals surface area contributed by atoms with E-state index in [0.29, 0.717) is 13.2 Å². The van der Waals surface area contributed by atoms with Crippen LogP contribution in [0.4, 0.5) is 0 Å². The third-order valence-electron chi connectivity index (χ3n) is 3.31. The minimum atomic E-state index is -0.540. The maximum absolute atomic E-state index is 10.0. The number of hydrogen-bond donors (Lipinski definition) is 1. The van der Waals surface area contributed by atoms with Gasteiger partial charge in [-0.05, 0) is 19.8 Å². The summed E-state index contributed by atoms with van der Waals surface area (Å²) in [5, 5.41) is 10.0. The second-order valence-corrected chi connectivity index (χ2v) is 4.99. The third-order valence-corrected chi connectivity index (χ3v) is 3.31. The molecule has 108 valence electrons. The highest BCUT2D eigenvalue weighted by Gasteiger charge is 2.42. The van der Waals surface area contributed by atoms with Crippen LogP contribution in [0.15, 0.2) is 0 Å². The van der Waals surface area contributed by atoms with Crippen molar-refractivity contribution in [3.8, 4) is 0 Å². The van der Waals surface area contributed by atoms with Crippen molar-refractivity contribution in [2.24, 2.45) is 0 Å². The monoisotopic (exact) mass is 260 g/mol. The fourth-order valence-electron chi connectivity index (χ4n) is 2.07. The summed E-state index contributed by atoms with van der Waals surface area (Å²) in [6, 6.07) is 0. The largest absolute Gasteiger partial charge is 0.388 e. The second kappa shape index (κ2) is 8.86. The van der Waals surface area contributed by atoms with E-state index in [-0.39, 0.29) is 18.3 Å². The Kier molecular flexibility index (Phi) is 7.82. The van der Waals surface area contributed by atoms with Gasteiger partial charge in [-0.15, -0.1) is 0 Å². The topological polar surface area (TPSA) is 47.9 Å². The van der Waals surface area contributed by atoms with Crippen molar-refractivity contribution in [2.45, 2.75) is 70.9 Å². The summed E-state index contributed by atoms with van der Waals surface area (Å²) in [4.78, 5) is 0. The van der Waals surface area contributed by atoms with Gasteiger partial charge in [0.1, 0.15) is 18.3 Å². The van der Waals surface area contributed by atoms with Gasteiger partial charge < -0.3 is 19.3 Å². The van der Waals surface area contributed by atoms with E-state index < -0.39 is 6.10 Å². The van der Waals surface area contributed by atoms with Crippen LogP contribution >= 0.6 is 0 Å². The zero-order valence-corrected chi connectivity index (χ0v) is 11.9. The Morgan fingerprint density at radius 3 is 2.44 bits per heavy atom. The van der Waals surface area contributed by atoms with Crippen molar-refractivity contribution in [1.82, 2.24) is 0 Å². The highest BCUT2D eigenvalue weighted by atomic mass is 16.6. The van der Waals surface area contributed by atoms with E-state index in [1.54, 1.807) is 0 Å². The van der Waals surface area contributed by atoms with Crippen LogP contribution in [0.5, 0.6) is 0 Å². The molecule has 0 amide bonds. The molecule has 1 rings (SSSR count). The SMILES string of the molecule is CCCCOC[C@H]1O[C@H](C)[C@H](O)[C@@H]1OCCCC. The molecule has 0 aromatic carbocycles. The first-order chi connectivity index (χ1) is 8.70. The van der Waals surface area contributed by atoms with E-state index in [4.69, 9.17) is 14.2 Å². The summed E-state index contributed by atoms with van der Waals surface area (Å²) in [6.07, 6.45) is 3.21. The molecule has 0 aliphatic carbocycles. The van der Waals surface area contributed by atoms with Gasteiger partial charge in [0.25, 0.3) is 0 Å². The Morgan fingerprint density at radius 1 is 1.11 bits per heavy atom.